The molecule has 1 heterocycles. The molecule has 1 fully saturated rings. The summed E-state index contributed by atoms with van der Waals surface area (Å²) in [6.07, 6.45) is 6.87. The monoisotopic (exact) mass is 186 g/mol. The van der Waals surface area contributed by atoms with Gasteiger partial charge in [-0.2, -0.15) is 0 Å². The molecule has 1 N–H and O–H groups in total. The smallest absolute Gasteiger partial charge is 0.0617 e. The van der Waals surface area contributed by atoms with Crippen molar-refractivity contribution in [1.82, 2.24) is 0 Å². The third-order valence-electron chi connectivity index (χ3n) is 3.03. The van der Waals surface area contributed by atoms with E-state index in [1.807, 2.05) is 13.8 Å². The summed E-state index contributed by atoms with van der Waals surface area (Å²) < 4.78 is 5.52. The van der Waals surface area contributed by atoms with Crippen LogP contribution in [0.15, 0.2) is 0 Å². The molecular formula is C11H22O2. The highest BCUT2D eigenvalue weighted by atomic mass is 16.5. The van der Waals surface area contributed by atoms with Crippen molar-refractivity contribution in [3.05, 3.63) is 0 Å². The molecule has 2 unspecified atom stereocenters. The van der Waals surface area contributed by atoms with E-state index in [1.165, 1.54) is 12.8 Å². The lowest BCUT2D eigenvalue weighted by molar-refractivity contribution is 0.0370. The van der Waals surface area contributed by atoms with E-state index < -0.39 is 5.60 Å². The Balaban J connectivity index is 2.06. The Bertz CT molecular complexity index is 137. The summed E-state index contributed by atoms with van der Waals surface area (Å²) in [5.41, 5.74) is -0.460. The second kappa shape index (κ2) is 4.97. The molecule has 2 atom stereocenters. The van der Waals surface area contributed by atoms with Crippen LogP contribution in [0.25, 0.3) is 0 Å². The summed E-state index contributed by atoms with van der Waals surface area (Å²) in [6.45, 7) is 4.89. The molecule has 13 heavy (non-hydrogen) atoms. The van der Waals surface area contributed by atoms with Gasteiger partial charge in [-0.05, 0) is 45.4 Å². The Hall–Kier alpha value is -0.0800. The fourth-order valence-electron chi connectivity index (χ4n) is 1.76. The van der Waals surface area contributed by atoms with Gasteiger partial charge in [-0.25, -0.2) is 0 Å². The van der Waals surface area contributed by atoms with E-state index in [2.05, 4.69) is 0 Å². The van der Waals surface area contributed by atoms with Crippen molar-refractivity contribution in [2.75, 3.05) is 6.61 Å². The normalized spacial score (nSPS) is 27.5. The van der Waals surface area contributed by atoms with E-state index in [0.717, 1.165) is 32.3 Å². The van der Waals surface area contributed by atoms with Crippen LogP contribution in [-0.4, -0.2) is 23.4 Å². The minimum absolute atomic E-state index is 0.460. The first-order valence-electron chi connectivity index (χ1n) is 5.48. The van der Waals surface area contributed by atoms with Gasteiger partial charge in [0.25, 0.3) is 0 Å². The van der Waals surface area contributed by atoms with Gasteiger partial charge >= 0.3 is 0 Å². The van der Waals surface area contributed by atoms with Crippen LogP contribution in [0.4, 0.5) is 0 Å². The molecule has 1 saturated heterocycles. The number of rotatable bonds is 5. The maximum Gasteiger partial charge on any atom is 0.0617 e. The molecular weight excluding hydrogens is 164 g/mol. The van der Waals surface area contributed by atoms with Gasteiger partial charge < -0.3 is 9.84 Å². The van der Waals surface area contributed by atoms with E-state index in [-0.39, 0.29) is 0 Å². The zero-order valence-electron chi connectivity index (χ0n) is 8.88. The fraction of sp³-hybridized carbons (Fsp3) is 1.00. The Morgan fingerprint density at radius 3 is 2.85 bits per heavy atom. The fourth-order valence-corrected chi connectivity index (χ4v) is 1.76. The molecule has 0 aliphatic carbocycles. The first kappa shape index (κ1) is 11.0. The molecule has 2 nitrogen and oxygen atoms in total. The first-order chi connectivity index (χ1) is 6.14. The molecule has 2 heteroatoms. The molecule has 0 saturated carbocycles. The van der Waals surface area contributed by atoms with Crippen molar-refractivity contribution in [2.45, 2.75) is 64.1 Å². The number of hydrogen-bond donors (Lipinski definition) is 1. The van der Waals surface area contributed by atoms with Crippen molar-refractivity contribution in [1.29, 1.82) is 0 Å². The Labute approximate surface area is 81.3 Å². The van der Waals surface area contributed by atoms with Gasteiger partial charge in [0.2, 0.25) is 0 Å². The molecule has 78 valence electrons. The average molecular weight is 186 g/mol. The van der Waals surface area contributed by atoms with Crippen molar-refractivity contribution in [3.8, 4) is 0 Å². The SMILES string of the molecule is CCC(C)(O)CCCC1CCCO1. The van der Waals surface area contributed by atoms with Crippen LogP contribution in [-0.2, 0) is 4.74 Å². The number of aliphatic hydroxyl groups is 1. The van der Waals surface area contributed by atoms with Crippen LogP contribution >= 0.6 is 0 Å². The van der Waals surface area contributed by atoms with Crippen LogP contribution in [0.2, 0.25) is 0 Å². The lowest BCUT2D eigenvalue weighted by Gasteiger charge is -2.21. The summed E-state index contributed by atoms with van der Waals surface area (Å²) in [7, 11) is 0. The van der Waals surface area contributed by atoms with Gasteiger partial charge in [0.15, 0.2) is 0 Å². The lowest BCUT2D eigenvalue weighted by atomic mass is 9.95. The summed E-state index contributed by atoms with van der Waals surface area (Å²) in [4.78, 5) is 0. The highest BCUT2D eigenvalue weighted by molar-refractivity contribution is 4.72. The van der Waals surface area contributed by atoms with E-state index in [9.17, 15) is 5.11 Å². The van der Waals surface area contributed by atoms with Crippen molar-refractivity contribution in [2.24, 2.45) is 0 Å². The molecule has 1 aliphatic heterocycles. The van der Waals surface area contributed by atoms with Gasteiger partial charge in [0.1, 0.15) is 0 Å². The predicted octanol–water partition coefficient (Wildman–Crippen LogP) is 2.50. The lowest BCUT2D eigenvalue weighted by Crippen LogP contribution is -2.22. The quantitative estimate of drug-likeness (QED) is 0.715. The van der Waals surface area contributed by atoms with E-state index in [1.54, 1.807) is 0 Å². The molecule has 0 radical (unpaired) electrons. The van der Waals surface area contributed by atoms with Crippen molar-refractivity contribution >= 4 is 0 Å². The van der Waals surface area contributed by atoms with Gasteiger partial charge in [-0.3, -0.25) is 0 Å². The molecule has 0 amide bonds. The van der Waals surface area contributed by atoms with Crippen LogP contribution in [0.3, 0.4) is 0 Å². The summed E-state index contributed by atoms with van der Waals surface area (Å²) >= 11 is 0. The highest BCUT2D eigenvalue weighted by Crippen LogP contribution is 2.22. The van der Waals surface area contributed by atoms with Gasteiger partial charge in [0.05, 0.1) is 11.7 Å². The molecule has 0 bridgehead atoms. The van der Waals surface area contributed by atoms with E-state index >= 15 is 0 Å². The molecule has 0 aromatic heterocycles. The third-order valence-corrected chi connectivity index (χ3v) is 3.03. The zero-order chi connectivity index (χ0) is 9.73. The Kier molecular flexibility index (Phi) is 4.20. The number of ether oxygens (including phenoxy) is 1. The largest absolute Gasteiger partial charge is 0.390 e. The highest BCUT2D eigenvalue weighted by Gasteiger charge is 2.19. The third kappa shape index (κ3) is 4.10. The topological polar surface area (TPSA) is 29.5 Å². The maximum absolute atomic E-state index is 9.76. The molecule has 1 aliphatic rings. The zero-order valence-corrected chi connectivity index (χ0v) is 8.88. The minimum atomic E-state index is -0.460. The average Bonchev–Trinajstić information content (AvgIpc) is 2.57. The summed E-state index contributed by atoms with van der Waals surface area (Å²) in [6, 6.07) is 0. The van der Waals surface area contributed by atoms with Crippen molar-refractivity contribution in [3.63, 3.8) is 0 Å². The van der Waals surface area contributed by atoms with Crippen LogP contribution in [0.1, 0.15) is 52.4 Å². The van der Waals surface area contributed by atoms with Crippen LogP contribution in [0, 0.1) is 0 Å². The van der Waals surface area contributed by atoms with Crippen LogP contribution in [0.5, 0.6) is 0 Å². The standard InChI is InChI=1S/C11H22O2/c1-3-11(2,12)8-4-6-10-7-5-9-13-10/h10,12H,3-9H2,1-2H3. The first-order valence-corrected chi connectivity index (χ1v) is 5.48. The molecule has 0 spiro atoms. The molecule has 0 aromatic rings. The van der Waals surface area contributed by atoms with Gasteiger partial charge in [-0.1, -0.05) is 6.92 Å². The Morgan fingerprint density at radius 2 is 2.31 bits per heavy atom. The second-order valence-corrected chi connectivity index (χ2v) is 4.38. The minimum Gasteiger partial charge on any atom is -0.390 e. The van der Waals surface area contributed by atoms with E-state index in [4.69, 9.17) is 4.74 Å². The summed E-state index contributed by atoms with van der Waals surface area (Å²) in [5, 5.41) is 9.76. The second-order valence-electron chi connectivity index (χ2n) is 4.38. The number of hydrogen-bond acceptors (Lipinski definition) is 2. The molecule has 1 rings (SSSR count). The predicted molar refractivity (Wildman–Crippen MR) is 53.7 cm³/mol. The van der Waals surface area contributed by atoms with Gasteiger partial charge in [0, 0.05) is 6.61 Å². The Morgan fingerprint density at radius 1 is 1.54 bits per heavy atom. The summed E-state index contributed by atoms with van der Waals surface area (Å²) in [5.74, 6) is 0. The maximum atomic E-state index is 9.76. The van der Waals surface area contributed by atoms with Crippen LogP contribution < -0.4 is 0 Å². The van der Waals surface area contributed by atoms with E-state index in [0.29, 0.717) is 6.10 Å². The van der Waals surface area contributed by atoms with Crippen molar-refractivity contribution < 1.29 is 9.84 Å². The molecule has 0 aromatic carbocycles. The van der Waals surface area contributed by atoms with Gasteiger partial charge in [-0.15, -0.1) is 0 Å².